The summed E-state index contributed by atoms with van der Waals surface area (Å²) < 4.78 is 0. The number of nitrogens with zero attached hydrogens (tertiary/aromatic N) is 1. The number of rotatable bonds is 4. The average molecular weight is 501 g/mol. The molecule has 168 valence electrons. The van der Waals surface area contributed by atoms with Crippen molar-refractivity contribution in [3.05, 3.63) is 20.1 Å². The Morgan fingerprint density at radius 3 is 1.90 bits per heavy atom. The summed E-state index contributed by atoms with van der Waals surface area (Å²) in [6.45, 7) is 8.10. The molecule has 0 radical (unpaired) electrons. The van der Waals surface area contributed by atoms with Gasteiger partial charge in [-0.2, -0.15) is 0 Å². The lowest BCUT2D eigenvalue weighted by molar-refractivity contribution is -0.158. The second kappa shape index (κ2) is 8.17. The number of nitrogens with two attached hydrogens (primary N) is 1. The largest absolute Gasteiger partial charge is 0.480 e. The van der Waals surface area contributed by atoms with E-state index in [1.54, 1.807) is 0 Å². The lowest BCUT2D eigenvalue weighted by Crippen LogP contribution is -2.65. The first-order valence-electron chi connectivity index (χ1n) is 9.20. The van der Waals surface area contributed by atoms with Crippen LogP contribution >= 0.6 is 46.4 Å². The topological polar surface area (TPSA) is 113 Å². The first kappa shape index (κ1) is 25.3. The maximum Gasteiger partial charge on any atom is 0.326 e. The van der Waals surface area contributed by atoms with Gasteiger partial charge in [-0.25, -0.2) is 0 Å². The summed E-state index contributed by atoms with van der Waals surface area (Å²) in [5, 5.41) is 11.0. The molecule has 4 N–H and O–H groups in total. The molecule has 1 heterocycles. The van der Waals surface area contributed by atoms with Crippen LogP contribution in [0.15, 0.2) is 20.1 Å². The van der Waals surface area contributed by atoms with Crippen LogP contribution in [0.4, 0.5) is 0 Å². The van der Waals surface area contributed by atoms with Crippen LogP contribution < -0.4 is 11.1 Å². The van der Waals surface area contributed by atoms with E-state index in [1.807, 2.05) is 34.7 Å². The van der Waals surface area contributed by atoms with Crippen LogP contribution in [0.2, 0.25) is 0 Å². The zero-order chi connectivity index (χ0) is 23.4. The summed E-state index contributed by atoms with van der Waals surface area (Å²) in [6.07, 6.45) is 1.07. The zero-order valence-electron chi connectivity index (χ0n) is 17.3. The van der Waals surface area contributed by atoms with E-state index in [4.69, 9.17) is 52.1 Å². The summed E-state index contributed by atoms with van der Waals surface area (Å²) in [4.78, 5) is 40.3. The molecule has 0 aromatic heterocycles. The number of carboxylic acids is 1. The standard InChI is InChI=1S/C19H25Cl4N3O4/c1-17(2)6-8(7-18(3,4)26(17)5)25-15(28)19(16(29)30)9(14(24)27)10(20)11(21)12(22)13(19)23/h8-9H,6-7H2,1-5H3,(H2,24,27)(H,25,28)(H,29,30). The van der Waals surface area contributed by atoms with Gasteiger partial charge >= 0.3 is 5.97 Å². The third-order valence-corrected chi connectivity index (χ3v) is 8.21. The molecule has 0 aromatic carbocycles. The van der Waals surface area contributed by atoms with Gasteiger partial charge in [-0.3, -0.25) is 19.3 Å². The van der Waals surface area contributed by atoms with Crippen LogP contribution in [0, 0.1) is 11.3 Å². The maximum absolute atomic E-state index is 13.4. The van der Waals surface area contributed by atoms with E-state index in [2.05, 4.69) is 10.2 Å². The highest BCUT2D eigenvalue weighted by atomic mass is 35.5. The fraction of sp³-hybridized carbons (Fsp3) is 0.632. The van der Waals surface area contributed by atoms with E-state index in [-0.39, 0.29) is 16.1 Å². The predicted octanol–water partition coefficient (Wildman–Crippen LogP) is 3.32. The van der Waals surface area contributed by atoms with E-state index >= 15 is 0 Å². The number of aliphatic carboxylic acids is 1. The van der Waals surface area contributed by atoms with Crippen molar-refractivity contribution >= 4 is 64.2 Å². The predicted molar refractivity (Wildman–Crippen MR) is 117 cm³/mol. The number of carbonyl (C=O) groups excluding carboxylic acids is 2. The Balaban J connectivity index is 2.56. The van der Waals surface area contributed by atoms with Crippen LogP contribution in [0.3, 0.4) is 0 Å². The third kappa shape index (κ3) is 3.84. The van der Waals surface area contributed by atoms with Gasteiger partial charge in [0.2, 0.25) is 11.8 Å². The summed E-state index contributed by atoms with van der Waals surface area (Å²) in [7, 11) is 1.99. The summed E-state index contributed by atoms with van der Waals surface area (Å²) in [5.74, 6) is -5.71. The molecule has 0 spiro atoms. The number of piperidine rings is 1. The molecule has 1 aliphatic heterocycles. The smallest absolute Gasteiger partial charge is 0.326 e. The molecule has 0 saturated carbocycles. The molecule has 0 aromatic rings. The molecule has 1 aliphatic carbocycles. The summed E-state index contributed by atoms with van der Waals surface area (Å²) in [6, 6.07) is -0.396. The van der Waals surface area contributed by atoms with Crippen molar-refractivity contribution < 1.29 is 19.5 Å². The lowest BCUT2D eigenvalue weighted by atomic mass is 9.70. The number of hydrogen-bond acceptors (Lipinski definition) is 4. The van der Waals surface area contributed by atoms with Crippen molar-refractivity contribution in [2.45, 2.75) is 57.7 Å². The number of carboxylic acid groups (broad SMARTS) is 1. The molecule has 0 bridgehead atoms. The van der Waals surface area contributed by atoms with Gasteiger partial charge in [0, 0.05) is 17.1 Å². The quantitative estimate of drug-likeness (QED) is 0.512. The van der Waals surface area contributed by atoms with Gasteiger partial charge in [-0.1, -0.05) is 46.4 Å². The molecule has 2 atom stereocenters. The molecule has 30 heavy (non-hydrogen) atoms. The number of hydrogen-bond donors (Lipinski definition) is 3. The Hall–Kier alpha value is -0.990. The molecule has 2 aliphatic rings. The minimum absolute atomic E-state index is 0.288. The average Bonchev–Trinajstić information content (AvgIpc) is 2.59. The van der Waals surface area contributed by atoms with Gasteiger partial charge in [0.05, 0.1) is 20.1 Å². The van der Waals surface area contributed by atoms with Gasteiger partial charge in [0.15, 0.2) is 5.41 Å². The second-order valence-electron chi connectivity index (χ2n) is 9.00. The van der Waals surface area contributed by atoms with Crippen molar-refractivity contribution in [2.24, 2.45) is 17.1 Å². The van der Waals surface area contributed by atoms with Crippen molar-refractivity contribution in [2.75, 3.05) is 7.05 Å². The van der Waals surface area contributed by atoms with Crippen molar-refractivity contribution in [1.82, 2.24) is 10.2 Å². The Bertz CT molecular complexity index is 850. The molecular formula is C19H25Cl4N3O4. The van der Waals surface area contributed by atoms with Gasteiger partial charge in [0.25, 0.3) is 0 Å². The molecule has 7 nitrogen and oxygen atoms in total. The van der Waals surface area contributed by atoms with E-state index in [9.17, 15) is 19.5 Å². The second-order valence-corrected chi connectivity index (χ2v) is 10.5. The fourth-order valence-corrected chi connectivity index (χ4v) is 5.76. The summed E-state index contributed by atoms with van der Waals surface area (Å²) in [5.41, 5.74) is 2.22. The highest BCUT2D eigenvalue weighted by Gasteiger charge is 2.62. The zero-order valence-corrected chi connectivity index (χ0v) is 20.3. The Kier molecular flexibility index (Phi) is 6.88. The van der Waals surface area contributed by atoms with E-state index < -0.39 is 50.3 Å². The number of halogens is 4. The minimum atomic E-state index is -2.63. The van der Waals surface area contributed by atoms with Gasteiger partial charge in [0.1, 0.15) is 5.92 Å². The molecule has 1 fully saturated rings. The number of likely N-dealkylation sites (tertiary alicyclic amines) is 1. The number of carbonyl (C=O) groups is 3. The van der Waals surface area contributed by atoms with Crippen LogP contribution in [0.25, 0.3) is 0 Å². The van der Waals surface area contributed by atoms with E-state index in [0.29, 0.717) is 12.8 Å². The number of nitrogens with one attached hydrogen (secondary N) is 1. The van der Waals surface area contributed by atoms with Crippen LogP contribution in [0.1, 0.15) is 40.5 Å². The maximum atomic E-state index is 13.4. The molecule has 1 saturated heterocycles. The molecule has 2 amide bonds. The summed E-state index contributed by atoms with van der Waals surface area (Å²) >= 11 is 24.5. The Morgan fingerprint density at radius 1 is 1.03 bits per heavy atom. The minimum Gasteiger partial charge on any atom is -0.480 e. The number of allylic oxidation sites excluding steroid dienone is 2. The Morgan fingerprint density at radius 2 is 1.50 bits per heavy atom. The third-order valence-electron chi connectivity index (χ3n) is 6.25. The van der Waals surface area contributed by atoms with Crippen LogP contribution in [-0.4, -0.2) is 52.0 Å². The van der Waals surface area contributed by atoms with Crippen molar-refractivity contribution in [1.29, 1.82) is 0 Å². The molecule has 11 heteroatoms. The number of amides is 2. The first-order chi connectivity index (χ1) is 13.5. The van der Waals surface area contributed by atoms with Gasteiger partial charge in [-0.05, 0) is 47.6 Å². The van der Waals surface area contributed by atoms with Crippen molar-refractivity contribution in [3.8, 4) is 0 Å². The van der Waals surface area contributed by atoms with Gasteiger partial charge in [-0.15, -0.1) is 0 Å². The van der Waals surface area contributed by atoms with Gasteiger partial charge < -0.3 is 16.2 Å². The highest BCUT2D eigenvalue weighted by molar-refractivity contribution is 6.53. The molecule has 2 rings (SSSR count). The SMILES string of the molecule is CN1C(C)(C)CC(NC(=O)C2(C(=O)O)C(Cl)=C(Cl)C(Cl)=C(Cl)C2C(N)=O)CC1(C)C. The van der Waals surface area contributed by atoms with E-state index in [1.165, 1.54) is 0 Å². The molecular weight excluding hydrogens is 476 g/mol. The van der Waals surface area contributed by atoms with Crippen LogP contribution in [0.5, 0.6) is 0 Å². The van der Waals surface area contributed by atoms with Crippen molar-refractivity contribution in [3.63, 3.8) is 0 Å². The van der Waals surface area contributed by atoms with Crippen LogP contribution in [-0.2, 0) is 14.4 Å². The number of primary amides is 1. The Labute approximate surface area is 195 Å². The first-order valence-corrected chi connectivity index (χ1v) is 10.7. The van der Waals surface area contributed by atoms with E-state index in [0.717, 1.165) is 0 Å². The molecule has 2 unspecified atom stereocenters. The monoisotopic (exact) mass is 499 g/mol. The fourth-order valence-electron chi connectivity index (χ4n) is 4.47. The normalized spacial score (nSPS) is 29.7. The lowest BCUT2D eigenvalue weighted by Gasteiger charge is -2.54. The highest BCUT2D eigenvalue weighted by Crippen LogP contribution is 2.53.